The SMILES string of the molecule is Cc1cccc(OC(F)(F)F)c1.Cc1ccccc1. The fourth-order valence-corrected chi connectivity index (χ4v) is 1.35. The predicted octanol–water partition coefficient (Wildman–Crippen LogP) is 4.89. The lowest BCUT2D eigenvalue weighted by molar-refractivity contribution is -0.274. The summed E-state index contributed by atoms with van der Waals surface area (Å²) < 4.78 is 38.6. The van der Waals surface area contributed by atoms with Crippen LogP contribution >= 0.6 is 0 Å². The van der Waals surface area contributed by atoms with Crippen molar-refractivity contribution in [2.24, 2.45) is 0 Å². The molecule has 1 nitrogen and oxygen atoms in total. The van der Waals surface area contributed by atoms with E-state index in [1.54, 1.807) is 13.0 Å². The van der Waals surface area contributed by atoms with Crippen molar-refractivity contribution in [3.8, 4) is 5.75 Å². The monoisotopic (exact) mass is 268 g/mol. The van der Waals surface area contributed by atoms with E-state index in [1.807, 2.05) is 18.2 Å². The maximum atomic E-state index is 11.7. The van der Waals surface area contributed by atoms with Crippen LogP contribution in [0.4, 0.5) is 13.2 Å². The highest BCUT2D eigenvalue weighted by atomic mass is 19.4. The molecule has 0 saturated carbocycles. The van der Waals surface area contributed by atoms with Crippen LogP contribution in [-0.2, 0) is 0 Å². The van der Waals surface area contributed by atoms with Crippen LogP contribution in [0.25, 0.3) is 0 Å². The van der Waals surface area contributed by atoms with Gasteiger partial charge in [-0.15, -0.1) is 13.2 Å². The van der Waals surface area contributed by atoms with Crippen LogP contribution < -0.4 is 4.74 Å². The smallest absolute Gasteiger partial charge is 0.406 e. The van der Waals surface area contributed by atoms with Crippen molar-refractivity contribution in [2.75, 3.05) is 0 Å². The second-order valence-electron chi connectivity index (χ2n) is 4.02. The molecule has 2 aromatic carbocycles. The summed E-state index contributed by atoms with van der Waals surface area (Å²) in [6.07, 6.45) is -4.60. The van der Waals surface area contributed by atoms with Crippen molar-refractivity contribution in [2.45, 2.75) is 20.2 Å². The van der Waals surface area contributed by atoms with Crippen LogP contribution in [0.1, 0.15) is 11.1 Å². The van der Waals surface area contributed by atoms with E-state index in [-0.39, 0.29) is 5.75 Å². The van der Waals surface area contributed by atoms with Crippen molar-refractivity contribution in [3.05, 3.63) is 65.7 Å². The number of benzene rings is 2. The zero-order chi connectivity index (χ0) is 14.3. The molecule has 0 N–H and O–H groups in total. The van der Waals surface area contributed by atoms with Crippen LogP contribution in [0.2, 0.25) is 0 Å². The van der Waals surface area contributed by atoms with E-state index in [0.29, 0.717) is 0 Å². The maximum Gasteiger partial charge on any atom is 0.573 e. The molecule has 0 aliphatic carbocycles. The van der Waals surface area contributed by atoms with Gasteiger partial charge in [0.1, 0.15) is 5.75 Å². The molecular formula is C15H15F3O. The van der Waals surface area contributed by atoms with E-state index < -0.39 is 6.36 Å². The Kier molecular flexibility index (Phi) is 5.42. The lowest BCUT2D eigenvalue weighted by Crippen LogP contribution is -2.17. The quantitative estimate of drug-likeness (QED) is 0.715. The summed E-state index contributed by atoms with van der Waals surface area (Å²) in [5, 5.41) is 0. The molecule has 0 aliphatic rings. The average molecular weight is 268 g/mol. The Balaban J connectivity index is 0.000000218. The molecule has 0 unspecified atom stereocenters. The molecular weight excluding hydrogens is 253 g/mol. The second kappa shape index (κ2) is 6.83. The first-order valence-corrected chi connectivity index (χ1v) is 5.71. The van der Waals surface area contributed by atoms with Gasteiger partial charge in [-0.05, 0) is 31.5 Å². The minimum atomic E-state index is -4.60. The van der Waals surface area contributed by atoms with Crippen molar-refractivity contribution in [1.82, 2.24) is 0 Å². The molecule has 102 valence electrons. The van der Waals surface area contributed by atoms with Gasteiger partial charge in [0.05, 0.1) is 0 Å². The molecule has 4 heteroatoms. The molecule has 0 spiro atoms. The maximum absolute atomic E-state index is 11.7. The summed E-state index contributed by atoms with van der Waals surface area (Å²) in [5.41, 5.74) is 2.05. The van der Waals surface area contributed by atoms with Gasteiger partial charge in [-0.3, -0.25) is 0 Å². The van der Waals surface area contributed by atoms with E-state index in [1.165, 1.54) is 23.8 Å². The van der Waals surface area contributed by atoms with Gasteiger partial charge in [-0.25, -0.2) is 0 Å². The summed E-state index contributed by atoms with van der Waals surface area (Å²) in [6.45, 7) is 3.78. The minimum Gasteiger partial charge on any atom is -0.406 e. The fourth-order valence-electron chi connectivity index (χ4n) is 1.35. The molecule has 0 fully saturated rings. The molecule has 0 heterocycles. The Bertz CT molecular complexity index is 492. The van der Waals surface area contributed by atoms with E-state index in [4.69, 9.17) is 0 Å². The first-order valence-electron chi connectivity index (χ1n) is 5.71. The van der Waals surface area contributed by atoms with Gasteiger partial charge in [-0.1, -0.05) is 48.0 Å². The molecule has 0 saturated heterocycles. The number of halogens is 3. The Labute approximate surface area is 110 Å². The van der Waals surface area contributed by atoms with Crippen molar-refractivity contribution < 1.29 is 17.9 Å². The molecule has 19 heavy (non-hydrogen) atoms. The lowest BCUT2D eigenvalue weighted by Gasteiger charge is -2.08. The van der Waals surface area contributed by atoms with E-state index in [9.17, 15) is 13.2 Å². The van der Waals surface area contributed by atoms with E-state index in [2.05, 4.69) is 23.8 Å². The molecule has 2 aromatic rings. The third kappa shape index (κ3) is 7.13. The van der Waals surface area contributed by atoms with Gasteiger partial charge >= 0.3 is 6.36 Å². The molecule has 2 rings (SSSR count). The Hall–Kier alpha value is -1.97. The third-order valence-electron chi connectivity index (χ3n) is 2.16. The lowest BCUT2D eigenvalue weighted by atomic mass is 10.2. The summed E-state index contributed by atoms with van der Waals surface area (Å²) in [4.78, 5) is 0. The van der Waals surface area contributed by atoms with Gasteiger partial charge in [0.15, 0.2) is 0 Å². The van der Waals surface area contributed by atoms with Gasteiger partial charge in [0.2, 0.25) is 0 Å². The topological polar surface area (TPSA) is 9.23 Å². The molecule has 0 radical (unpaired) electrons. The van der Waals surface area contributed by atoms with Gasteiger partial charge in [0.25, 0.3) is 0 Å². The van der Waals surface area contributed by atoms with Crippen LogP contribution in [0.15, 0.2) is 54.6 Å². The highest BCUT2D eigenvalue weighted by Gasteiger charge is 2.30. The van der Waals surface area contributed by atoms with Gasteiger partial charge in [0, 0.05) is 0 Å². The summed E-state index contributed by atoms with van der Waals surface area (Å²) in [6, 6.07) is 16.1. The predicted molar refractivity (Wildman–Crippen MR) is 69.0 cm³/mol. The van der Waals surface area contributed by atoms with Crippen LogP contribution in [0.3, 0.4) is 0 Å². The summed E-state index contributed by atoms with van der Waals surface area (Å²) >= 11 is 0. The number of aryl methyl sites for hydroxylation is 2. The van der Waals surface area contributed by atoms with Crippen LogP contribution in [-0.4, -0.2) is 6.36 Å². The Morgan fingerprint density at radius 1 is 0.789 bits per heavy atom. The zero-order valence-electron chi connectivity index (χ0n) is 10.7. The Morgan fingerprint density at radius 2 is 1.37 bits per heavy atom. The largest absolute Gasteiger partial charge is 0.573 e. The minimum absolute atomic E-state index is 0.178. The molecule has 0 bridgehead atoms. The summed E-state index contributed by atoms with van der Waals surface area (Å²) in [7, 11) is 0. The number of alkyl halides is 3. The van der Waals surface area contributed by atoms with Crippen LogP contribution in [0.5, 0.6) is 5.75 Å². The second-order valence-corrected chi connectivity index (χ2v) is 4.02. The van der Waals surface area contributed by atoms with Crippen molar-refractivity contribution >= 4 is 0 Å². The Morgan fingerprint density at radius 3 is 1.79 bits per heavy atom. The van der Waals surface area contributed by atoms with E-state index in [0.717, 1.165) is 5.56 Å². The molecule has 0 aliphatic heterocycles. The molecule has 0 amide bonds. The average Bonchev–Trinajstić information content (AvgIpc) is 2.28. The standard InChI is InChI=1S/C8H7F3O.C7H8/c1-6-3-2-4-7(5-6)12-8(9,10)11;1-7-5-3-2-4-6-7/h2-5H,1H3;2-6H,1H3. The molecule has 0 atom stereocenters. The first-order chi connectivity index (χ1) is 8.87. The highest BCUT2D eigenvalue weighted by molar-refractivity contribution is 5.27. The van der Waals surface area contributed by atoms with Gasteiger partial charge < -0.3 is 4.74 Å². The van der Waals surface area contributed by atoms with Gasteiger partial charge in [-0.2, -0.15) is 0 Å². The van der Waals surface area contributed by atoms with Crippen molar-refractivity contribution in [1.29, 1.82) is 0 Å². The first kappa shape index (κ1) is 15.1. The highest BCUT2D eigenvalue weighted by Crippen LogP contribution is 2.22. The number of hydrogen-bond acceptors (Lipinski definition) is 1. The zero-order valence-corrected chi connectivity index (χ0v) is 10.7. The fraction of sp³-hybridized carbons (Fsp3) is 0.200. The number of rotatable bonds is 1. The van der Waals surface area contributed by atoms with Crippen LogP contribution in [0, 0.1) is 13.8 Å². The van der Waals surface area contributed by atoms with Crippen molar-refractivity contribution in [3.63, 3.8) is 0 Å². The van der Waals surface area contributed by atoms with E-state index >= 15 is 0 Å². The molecule has 0 aromatic heterocycles. The summed E-state index contributed by atoms with van der Waals surface area (Å²) in [5.74, 6) is -0.178. The number of hydrogen-bond donors (Lipinski definition) is 0. The number of ether oxygens (including phenoxy) is 1. The third-order valence-corrected chi connectivity index (χ3v) is 2.16. The normalized spacial score (nSPS) is 10.4.